The van der Waals surface area contributed by atoms with Crippen molar-refractivity contribution in [2.45, 2.75) is 32.3 Å². The van der Waals surface area contributed by atoms with Crippen LogP contribution in [0.2, 0.25) is 0 Å². The summed E-state index contributed by atoms with van der Waals surface area (Å²) in [5.74, 6) is 0.0541. The van der Waals surface area contributed by atoms with Crippen LogP contribution in [0.5, 0.6) is 0 Å². The van der Waals surface area contributed by atoms with Gasteiger partial charge in [0.15, 0.2) is 0 Å². The molecule has 0 aliphatic carbocycles. The van der Waals surface area contributed by atoms with Crippen molar-refractivity contribution < 1.29 is 14.6 Å². The molecule has 1 N–H and O–H groups in total. The van der Waals surface area contributed by atoms with Crippen LogP contribution in [0.1, 0.15) is 26.7 Å². The molecular weight excluding hydrogens is 232 g/mol. The third-order valence-electron chi connectivity index (χ3n) is 3.83. The van der Waals surface area contributed by atoms with Gasteiger partial charge < -0.3 is 14.7 Å². The van der Waals surface area contributed by atoms with E-state index in [9.17, 15) is 9.90 Å². The van der Waals surface area contributed by atoms with Crippen LogP contribution in [0, 0.1) is 0 Å². The lowest BCUT2D eigenvalue weighted by molar-refractivity contribution is -0.137. The Balaban J connectivity index is 2.37. The second-order valence-electron chi connectivity index (χ2n) is 5.02. The van der Waals surface area contributed by atoms with Crippen LogP contribution < -0.4 is 0 Å². The summed E-state index contributed by atoms with van der Waals surface area (Å²) in [4.78, 5) is 15.7. The topological polar surface area (TPSA) is 53.0 Å². The quantitative estimate of drug-likeness (QED) is 0.746. The zero-order chi connectivity index (χ0) is 13.6. The highest BCUT2D eigenvalue weighted by Gasteiger charge is 2.28. The lowest BCUT2D eigenvalue weighted by atomic mass is 9.96. The summed E-state index contributed by atoms with van der Waals surface area (Å²) >= 11 is 0. The predicted octanol–water partition coefficient (Wildman–Crippen LogP) is 0.328. The van der Waals surface area contributed by atoms with E-state index in [0.717, 1.165) is 39.0 Å². The van der Waals surface area contributed by atoms with Crippen molar-refractivity contribution in [2.75, 3.05) is 46.4 Å². The molecule has 1 rings (SSSR count). The molecule has 5 heteroatoms. The third-order valence-corrected chi connectivity index (χ3v) is 3.83. The molecule has 1 aliphatic heterocycles. The van der Waals surface area contributed by atoms with Crippen LogP contribution in [0.3, 0.4) is 0 Å². The number of piperazine rings is 1. The van der Waals surface area contributed by atoms with Crippen molar-refractivity contribution in [3.8, 4) is 0 Å². The summed E-state index contributed by atoms with van der Waals surface area (Å²) in [6.07, 6.45) is 1.54. The van der Waals surface area contributed by atoms with Crippen molar-refractivity contribution in [3.05, 3.63) is 0 Å². The van der Waals surface area contributed by atoms with E-state index >= 15 is 0 Å². The van der Waals surface area contributed by atoms with E-state index in [1.165, 1.54) is 7.11 Å². The van der Waals surface area contributed by atoms with E-state index in [0.29, 0.717) is 6.54 Å². The Morgan fingerprint density at radius 1 is 1.22 bits per heavy atom. The number of methoxy groups -OCH3 is 1. The maximum atomic E-state index is 11.6. The first-order valence-electron chi connectivity index (χ1n) is 6.76. The standard InChI is InChI=1S/C13H26N2O3/c1-4-13(17,5-2)11-14-6-8-15(9-7-14)12(16)10-18-3/h17H,4-11H2,1-3H3. The fourth-order valence-corrected chi connectivity index (χ4v) is 2.26. The Kier molecular flexibility index (Phi) is 6.05. The zero-order valence-corrected chi connectivity index (χ0v) is 11.8. The number of hydrogen-bond acceptors (Lipinski definition) is 4. The van der Waals surface area contributed by atoms with Gasteiger partial charge in [-0.1, -0.05) is 13.8 Å². The molecule has 0 unspecified atom stereocenters. The van der Waals surface area contributed by atoms with Crippen LogP contribution in [0.25, 0.3) is 0 Å². The van der Waals surface area contributed by atoms with Gasteiger partial charge in [0.2, 0.25) is 5.91 Å². The maximum absolute atomic E-state index is 11.6. The molecule has 1 heterocycles. The van der Waals surface area contributed by atoms with Crippen molar-refractivity contribution in [2.24, 2.45) is 0 Å². The first kappa shape index (κ1) is 15.4. The number of hydrogen-bond donors (Lipinski definition) is 1. The number of aliphatic hydroxyl groups is 1. The summed E-state index contributed by atoms with van der Waals surface area (Å²) in [6, 6.07) is 0. The minimum Gasteiger partial charge on any atom is -0.389 e. The van der Waals surface area contributed by atoms with Crippen LogP contribution >= 0.6 is 0 Å². The molecule has 5 nitrogen and oxygen atoms in total. The largest absolute Gasteiger partial charge is 0.389 e. The molecule has 1 fully saturated rings. The number of amides is 1. The molecule has 0 atom stereocenters. The van der Waals surface area contributed by atoms with Gasteiger partial charge in [0.05, 0.1) is 5.60 Å². The zero-order valence-electron chi connectivity index (χ0n) is 11.8. The molecule has 106 valence electrons. The number of carbonyl (C=O) groups excluding carboxylic acids is 1. The summed E-state index contributed by atoms with van der Waals surface area (Å²) in [5.41, 5.74) is -0.585. The first-order valence-corrected chi connectivity index (χ1v) is 6.76. The monoisotopic (exact) mass is 258 g/mol. The summed E-state index contributed by atoms with van der Waals surface area (Å²) in [7, 11) is 1.54. The average Bonchev–Trinajstić information content (AvgIpc) is 2.39. The second-order valence-corrected chi connectivity index (χ2v) is 5.02. The molecule has 0 aromatic heterocycles. The van der Waals surface area contributed by atoms with Crippen LogP contribution in [-0.2, 0) is 9.53 Å². The minimum absolute atomic E-state index is 0.0541. The Morgan fingerprint density at radius 3 is 2.22 bits per heavy atom. The number of rotatable bonds is 6. The number of nitrogens with zero attached hydrogens (tertiary/aromatic N) is 2. The van der Waals surface area contributed by atoms with Gasteiger partial charge in [-0.3, -0.25) is 9.69 Å². The van der Waals surface area contributed by atoms with Crippen molar-refractivity contribution >= 4 is 5.91 Å². The molecule has 0 aromatic rings. The van der Waals surface area contributed by atoms with E-state index in [4.69, 9.17) is 4.74 Å². The molecule has 1 aliphatic rings. The molecular formula is C13H26N2O3. The van der Waals surface area contributed by atoms with E-state index < -0.39 is 5.60 Å². The van der Waals surface area contributed by atoms with Gasteiger partial charge in [-0.25, -0.2) is 0 Å². The lowest BCUT2D eigenvalue weighted by Crippen LogP contribution is -2.53. The van der Waals surface area contributed by atoms with Crippen molar-refractivity contribution in [1.82, 2.24) is 9.80 Å². The number of ether oxygens (including phenoxy) is 1. The fraction of sp³-hybridized carbons (Fsp3) is 0.923. The second kappa shape index (κ2) is 7.07. The number of β-amino-alcohol motifs (C(OH)–C–C–N with tert-alkyl or cyclic N) is 1. The maximum Gasteiger partial charge on any atom is 0.248 e. The SMILES string of the molecule is CCC(O)(CC)CN1CCN(C(=O)COC)CC1. The minimum atomic E-state index is -0.585. The Hall–Kier alpha value is -0.650. The Bertz CT molecular complexity index is 259. The van der Waals surface area contributed by atoms with Crippen molar-refractivity contribution in [3.63, 3.8) is 0 Å². The summed E-state index contributed by atoms with van der Waals surface area (Å²) in [6.45, 7) is 8.01. The van der Waals surface area contributed by atoms with E-state index in [-0.39, 0.29) is 12.5 Å². The first-order chi connectivity index (χ1) is 8.54. The van der Waals surface area contributed by atoms with Crippen LogP contribution in [0.15, 0.2) is 0 Å². The van der Waals surface area contributed by atoms with Gasteiger partial charge in [-0.2, -0.15) is 0 Å². The third kappa shape index (κ3) is 4.23. The lowest BCUT2D eigenvalue weighted by Gasteiger charge is -2.39. The Morgan fingerprint density at radius 2 is 1.78 bits per heavy atom. The predicted molar refractivity (Wildman–Crippen MR) is 70.4 cm³/mol. The van der Waals surface area contributed by atoms with Crippen LogP contribution in [0.4, 0.5) is 0 Å². The van der Waals surface area contributed by atoms with Gasteiger partial charge in [-0.15, -0.1) is 0 Å². The molecule has 0 radical (unpaired) electrons. The van der Waals surface area contributed by atoms with E-state index in [1.807, 2.05) is 18.7 Å². The number of carbonyl (C=O) groups is 1. The Labute approximate surface area is 110 Å². The van der Waals surface area contributed by atoms with Crippen LogP contribution in [-0.4, -0.2) is 72.9 Å². The molecule has 0 bridgehead atoms. The highest BCUT2D eigenvalue weighted by molar-refractivity contribution is 5.77. The normalized spacial score (nSPS) is 18.1. The molecule has 18 heavy (non-hydrogen) atoms. The van der Waals surface area contributed by atoms with Gasteiger partial charge in [-0.05, 0) is 12.8 Å². The molecule has 1 amide bonds. The van der Waals surface area contributed by atoms with E-state index in [1.54, 1.807) is 0 Å². The van der Waals surface area contributed by atoms with Gasteiger partial charge in [0.25, 0.3) is 0 Å². The fourth-order valence-electron chi connectivity index (χ4n) is 2.26. The molecule has 0 aromatic carbocycles. The molecule has 0 saturated carbocycles. The van der Waals surface area contributed by atoms with Gasteiger partial charge in [0.1, 0.15) is 6.61 Å². The molecule has 0 spiro atoms. The smallest absolute Gasteiger partial charge is 0.248 e. The van der Waals surface area contributed by atoms with Crippen molar-refractivity contribution in [1.29, 1.82) is 0 Å². The average molecular weight is 258 g/mol. The van der Waals surface area contributed by atoms with Gasteiger partial charge >= 0.3 is 0 Å². The highest BCUT2D eigenvalue weighted by Crippen LogP contribution is 2.17. The van der Waals surface area contributed by atoms with Gasteiger partial charge in [0, 0.05) is 39.8 Å². The highest BCUT2D eigenvalue weighted by atomic mass is 16.5. The summed E-state index contributed by atoms with van der Waals surface area (Å²) < 4.78 is 4.85. The summed E-state index contributed by atoms with van der Waals surface area (Å²) in [5, 5.41) is 10.3. The molecule has 1 saturated heterocycles. The van der Waals surface area contributed by atoms with E-state index in [2.05, 4.69) is 4.90 Å².